The first kappa shape index (κ1) is 24.4. The van der Waals surface area contributed by atoms with Gasteiger partial charge in [0.15, 0.2) is 0 Å². The van der Waals surface area contributed by atoms with Gasteiger partial charge in [0.25, 0.3) is 5.91 Å². The molecule has 0 aromatic heterocycles. The van der Waals surface area contributed by atoms with E-state index in [2.05, 4.69) is 16.0 Å². The molecular weight excluding hydrogens is 473 g/mol. The van der Waals surface area contributed by atoms with Gasteiger partial charge in [0.05, 0.1) is 28.8 Å². The Hall–Kier alpha value is -2.26. The molecule has 3 rings (SSSR count). The van der Waals surface area contributed by atoms with E-state index in [-0.39, 0.29) is 34.0 Å². The van der Waals surface area contributed by atoms with Gasteiger partial charge < -0.3 is 20.7 Å². The Balaban J connectivity index is 1.64. The zero-order chi connectivity index (χ0) is 23.1. The molecule has 2 aromatic rings. The number of amides is 2. The summed E-state index contributed by atoms with van der Waals surface area (Å²) in [6.07, 6.45) is 0.253. The molecule has 0 bridgehead atoms. The average molecular weight is 496 g/mol. The van der Waals surface area contributed by atoms with Crippen molar-refractivity contribution in [2.75, 3.05) is 30.5 Å². The summed E-state index contributed by atoms with van der Waals surface area (Å²) >= 11 is 13.9. The zero-order valence-corrected chi connectivity index (χ0v) is 19.7. The van der Waals surface area contributed by atoms with Gasteiger partial charge in [-0.2, -0.15) is 11.8 Å². The van der Waals surface area contributed by atoms with Crippen LogP contribution in [0.3, 0.4) is 0 Å². The Morgan fingerprint density at radius 3 is 2.44 bits per heavy atom. The summed E-state index contributed by atoms with van der Waals surface area (Å²) in [7, 11) is 1.29. The molecule has 0 aliphatic carbocycles. The van der Waals surface area contributed by atoms with Gasteiger partial charge in [-0.1, -0.05) is 41.4 Å². The second kappa shape index (κ2) is 11.6. The summed E-state index contributed by atoms with van der Waals surface area (Å²) < 4.78 is 4.86. The zero-order valence-electron chi connectivity index (χ0n) is 17.3. The van der Waals surface area contributed by atoms with Crippen molar-refractivity contribution in [3.8, 4) is 0 Å². The molecule has 1 aliphatic rings. The van der Waals surface area contributed by atoms with E-state index in [4.69, 9.17) is 27.9 Å². The number of anilines is 1. The monoisotopic (exact) mass is 495 g/mol. The fraction of sp³-hybridized carbons (Fsp3) is 0.318. The number of benzene rings is 2. The standard InChI is InChI=1S/C22H23Cl2N3O4S/c1-31-22(30)17(27-20(28)18-12-32-10-9-25-18)11-13-5-7-14(8-6-13)26-21(29)19-15(23)3-2-4-16(19)24/h2-8,17-18,25H,9-12H2,1H3,(H,26,29)(H,27,28). The molecule has 3 N–H and O–H groups in total. The van der Waals surface area contributed by atoms with Crippen molar-refractivity contribution >= 4 is 58.4 Å². The minimum absolute atomic E-state index is 0.197. The van der Waals surface area contributed by atoms with Gasteiger partial charge in [-0.05, 0) is 29.8 Å². The van der Waals surface area contributed by atoms with Crippen LogP contribution >= 0.6 is 35.0 Å². The van der Waals surface area contributed by atoms with Crippen molar-refractivity contribution in [3.63, 3.8) is 0 Å². The molecule has 32 heavy (non-hydrogen) atoms. The molecule has 0 saturated carbocycles. The number of halogens is 2. The van der Waals surface area contributed by atoms with Crippen LogP contribution in [0.25, 0.3) is 0 Å². The van der Waals surface area contributed by atoms with Crippen molar-refractivity contribution in [3.05, 3.63) is 63.6 Å². The Morgan fingerprint density at radius 2 is 1.84 bits per heavy atom. The second-order valence-corrected chi connectivity index (χ2v) is 9.08. The second-order valence-electron chi connectivity index (χ2n) is 7.12. The fourth-order valence-electron chi connectivity index (χ4n) is 3.21. The SMILES string of the molecule is COC(=O)C(Cc1ccc(NC(=O)c2c(Cl)cccc2Cl)cc1)NC(=O)C1CSCCN1. The van der Waals surface area contributed by atoms with Gasteiger partial charge in [-0.3, -0.25) is 9.59 Å². The number of hydrogen-bond acceptors (Lipinski definition) is 6. The van der Waals surface area contributed by atoms with Gasteiger partial charge in [-0.25, -0.2) is 4.79 Å². The van der Waals surface area contributed by atoms with Crippen molar-refractivity contribution in [2.24, 2.45) is 0 Å². The first-order valence-corrected chi connectivity index (χ1v) is 11.8. The van der Waals surface area contributed by atoms with Gasteiger partial charge in [0.1, 0.15) is 6.04 Å². The van der Waals surface area contributed by atoms with Gasteiger partial charge >= 0.3 is 5.97 Å². The van der Waals surface area contributed by atoms with E-state index in [0.717, 1.165) is 17.9 Å². The highest BCUT2D eigenvalue weighted by atomic mass is 35.5. The number of rotatable bonds is 7. The van der Waals surface area contributed by atoms with Crippen LogP contribution in [0.2, 0.25) is 10.0 Å². The number of ether oxygens (including phenoxy) is 1. The molecule has 1 heterocycles. The van der Waals surface area contributed by atoms with E-state index in [0.29, 0.717) is 11.4 Å². The maximum absolute atomic E-state index is 12.5. The fourth-order valence-corrected chi connectivity index (χ4v) is 4.71. The first-order valence-electron chi connectivity index (χ1n) is 9.92. The molecule has 2 amide bonds. The van der Waals surface area contributed by atoms with E-state index in [9.17, 15) is 14.4 Å². The summed E-state index contributed by atoms with van der Waals surface area (Å²) in [5, 5.41) is 9.19. The van der Waals surface area contributed by atoms with E-state index < -0.39 is 17.9 Å². The third-order valence-corrected chi connectivity index (χ3v) is 6.57. The third-order valence-electron chi connectivity index (χ3n) is 4.88. The molecule has 2 atom stereocenters. The molecule has 7 nitrogen and oxygen atoms in total. The van der Waals surface area contributed by atoms with Crippen molar-refractivity contribution in [1.29, 1.82) is 0 Å². The van der Waals surface area contributed by atoms with Gasteiger partial charge in [-0.15, -0.1) is 0 Å². The van der Waals surface area contributed by atoms with Gasteiger partial charge in [0.2, 0.25) is 5.91 Å². The molecular formula is C22H23Cl2N3O4S. The highest BCUT2D eigenvalue weighted by Crippen LogP contribution is 2.25. The topological polar surface area (TPSA) is 96.5 Å². The van der Waals surface area contributed by atoms with Crippen molar-refractivity contribution in [1.82, 2.24) is 10.6 Å². The van der Waals surface area contributed by atoms with E-state index >= 15 is 0 Å². The Morgan fingerprint density at radius 1 is 1.16 bits per heavy atom. The van der Waals surface area contributed by atoms with Crippen LogP contribution in [0.15, 0.2) is 42.5 Å². The van der Waals surface area contributed by atoms with Gasteiger partial charge in [0, 0.05) is 30.2 Å². The highest BCUT2D eigenvalue weighted by Gasteiger charge is 2.27. The van der Waals surface area contributed by atoms with E-state index in [1.54, 1.807) is 54.2 Å². The van der Waals surface area contributed by atoms with Crippen LogP contribution < -0.4 is 16.0 Å². The Labute approximate surface area is 200 Å². The lowest BCUT2D eigenvalue weighted by Crippen LogP contribution is -2.53. The lowest BCUT2D eigenvalue weighted by atomic mass is 10.0. The molecule has 1 fully saturated rings. The normalized spacial score (nSPS) is 16.7. The molecule has 1 saturated heterocycles. The number of hydrogen-bond donors (Lipinski definition) is 3. The number of methoxy groups -OCH3 is 1. The Bertz CT molecular complexity index is 961. The van der Waals surface area contributed by atoms with E-state index in [1.807, 2.05) is 0 Å². The summed E-state index contributed by atoms with van der Waals surface area (Å²) in [4.78, 5) is 37.3. The quantitative estimate of drug-likeness (QED) is 0.510. The molecule has 0 radical (unpaired) electrons. The number of esters is 1. The molecule has 10 heteroatoms. The van der Waals surface area contributed by atoms with Crippen molar-refractivity contribution < 1.29 is 19.1 Å². The smallest absolute Gasteiger partial charge is 0.328 e. The molecule has 0 spiro atoms. The summed E-state index contributed by atoms with van der Waals surface area (Å²) in [6, 6.07) is 10.6. The molecule has 2 aromatic carbocycles. The highest BCUT2D eigenvalue weighted by molar-refractivity contribution is 7.99. The summed E-state index contributed by atoms with van der Waals surface area (Å²) in [5.41, 5.74) is 1.53. The number of nitrogens with one attached hydrogen (secondary N) is 3. The van der Waals surface area contributed by atoms with Crippen LogP contribution in [0.1, 0.15) is 15.9 Å². The van der Waals surface area contributed by atoms with Crippen LogP contribution in [0.5, 0.6) is 0 Å². The molecule has 2 unspecified atom stereocenters. The largest absolute Gasteiger partial charge is 0.467 e. The predicted molar refractivity (Wildman–Crippen MR) is 128 cm³/mol. The lowest BCUT2D eigenvalue weighted by molar-refractivity contribution is -0.145. The minimum Gasteiger partial charge on any atom is -0.467 e. The number of thioether (sulfide) groups is 1. The lowest BCUT2D eigenvalue weighted by Gasteiger charge is -2.25. The summed E-state index contributed by atoms with van der Waals surface area (Å²) in [6.45, 7) is 0.748. The minimum atomic E-state index is -0.816. The maximum Gasteiger partial charge on any atom is 0.328 e. The third kappa shape index (κ3) is 6.38. The van der Waals surface area contributed by atoms with Crippen LogP contribution in [0, 0.1) is 0 Å². The summed E-state index contributed by atoms with van der Waals surface area (Å²) in [5.74, 6) is 0.436. The first-order chi connectivity index (χ1) is 15.4. The van der Waals surface area contributed by atoms with Crippen LogP contribution in [0.4, 0.5) is 5.69 Å². The van der Waals surface area contributed by atoms with Crippen LogP contribution in [-0.4, -0.2) is 55.0 Å². The van der Waals surface area contributed by atoms with Crippen molar-refractivity contribution in [2.45, 2.75) is 18.5 Å². The Kier molecular flexibility index (Phi) is 8.81. The molecule has 170 valence electrons. The average Bonchev–Trinajstić information content (AvgIpc) is 2.79. The van der Waals surface area contributed by atoms with Crippen LogP contribution in [-0.2, 0) is 20.7 Å². The predicted octanol–water partition coefficient (Wildman–Crippen LogP) is 3.15. The molecule has 1 aliphatic heterocycles. The van der Waals surface area contributed by atoms with E-state index in [1.165, 1.54) is 7.11 Å². The number of carbonyl (C=O) groups is 3. The number of carbonyl (C=O) groups excluding carboxylic acids is 3. The maximum atomic E-state index is 12.5.